The first-order valence-corrected chi connectivity index (χ1v) is 8.09. The lowest BCUT2D eigenvalue weighted by Gasteiger charge is -2.34. The Morgan fingerprint density at radius 1 is 1.35 bits per heavy atom. The van der Waals surface area contributed by atoms with Gasteiger partial charge in [-0.3, -0.25) is 4.79 Å². The van der Waals surface area contributed by atoms with Crippen LogP contribution in [0.1, 0.15) is 48.4 Å². The van der Waals surface area contributed by atoms with Crippen LogP contribution in [0.4, 0.5) is 0 Å². The van der Waals surface area contributed by atoms with Crippen molar-refractivity contribution >= 4 is 21.8 Å². The number of nitrogens with one attached hydrogen (secondary N) is 2. The maximum absolute atomic E-state index is 12.3. The molecule has 5 heteroatoms. The van der Waals surface area contributed by atoms with E-state index in [0.717, 1.165) is 41.7 Å². The largest absolute Gasteiger partial charge is 0.353 e. The van der Waals surface area contributed by atoms with Crippen LogP contribution in [0.25, 0.3) is 0 Å². The molecule has 0 saturated carbocycles. The minimum atomic E-state index is 0.0132. The predicted octanol–water partition coefficient (Wildman–Crippen LogP) is 3.00. The Hall–Kier alpha value is -0.810. The number of nitrogens with zero attached hydrogens (tertiary/aromatic N) is 1. The van der Waals surface area contributed by atoms with E-state index in [1.54, 1.807) is 0 Å². The summed E-state index contributed by atoms with van der Waals surface area (Å²) in [5.74, 6) is 0.0132. The van der Waals surface area contributed by atoms with Gasteiger partial charge < -0.3 is 15.2 Å². The molecule has 112 valence electrons. The van der Waals surface area contributed by atoms with Gasteiger partial charge >= 0.3 is 0 Å². The summed E-state index contributed by atoms with van der Waals surface area (Å²) in [6.07, 6.45) is 2.06. The smallest absolute Gasteiger partial charge is 0.268 e. The summed E-state index contributed by atoms with van der Waals surface area (Å²) >= 11 is 3.50. The van der Waals surface area contributed by atoms with Crippen LogP contribution in [0.15, 0.2) is 4.47 Å². The van der Waals surface area contributed by atoms with Gasteiger partial charge in [0.05, 0.1) is 0 Å². The third kappa shape index (κ3) is 3.26. The Morgan fingerprint density at radius 2 is 1.95 bits per heavy atom. The van der Waals surface area contributed by atoms with Crippen LogP contribution in [0.3, 0.4) is 0 Å². The van der Waals surface area contributed by atoms with Crippen molar-refractivity contribution < 1.29 is 4.79 Å². The van der Waals surface area contributed by atoms with Crippen molar-refractivity contribution in [2.24, 2.45) is 0 Å². The molecule has 0 aliphatic carbocycles. The Bertz CT molecular complexity index is 488. The van der Waals surface area contributed by atoms with Crippen LogP contribution in [0.2, 0.25) is 0 Å². The molecule has 1 fully saturated rings. The summed E-state index contributed by atoms with van der Waals surface area (Å²) in [7, 11) is 0. The van der Waals surface area contributed by atoms with Crippen molar-refractivity contribution in [2.75, 3.05) is 13.1 Å². The van der Waals surface area contributed by atoms with Crippen molar-refractivity contribution in [3.05, 3.63) is 21.4 Å². The van der Waals surface area contributed by atoms with Crippen molar-refractivity contribution in [1.29, 1.82) is 0 Å². The number of aromatic amines is 1. The predicted molar refractivity (Wildman–Crippen MR) is 85.2 cm³/mol. The maximum atomic E-state index is 12.3. The first-order chi connectivity index (χ1) is 9.40. The molecular weight excluding hydrogens is 318 g/mol. The molecule has 1 aromatic rings. The molecule has 0 atom stereocenters. The Balaban J connectivity index is 1.94. The fraction of sp³-hybridized carbons (Fsp3) is 0.667. The van der Waals surface area contributed by atoms with E-state index in [9.17, 15) is 4.79 Å². The summed E-state index contributed by atoms with van der Waals surface area (Å²) in [6.45, 7) is 10.5. The zero-order chi connectivity index (χ0) is 14.9. The van der Waals surface area contributed by atoms with Gasteiger partial charge in [-0.1, -0.05) is 0 Å². The van der Waals surface area contributed by atoms with Crippen LogP contribution in [0, 0.1) is 13.8 Å². The Labute approximate surface area is 129 Å². The molecule has 1 saturated heterocycles. The van der Waals surface area contributed by atoms with Gasteiger partial charge in [0.1, 0.15) is 5.69 Å². The number of halogens is 1. The van der Waals surface area contributed by atoms with Gasteiger partial charge in [0, 0.05) is 35.3 Å². The number of carbonyl (C=O) groups is 1. The normalized spacial score (nSPS) is 17.7. The molecular formula is C15H24BrN3O. The van der Waals surface area contributed by atoms with Crippen LogP contribution in [-0.2, 0) is 0 Å². The first kappa shape index (κ1) is 15.6. The molecule has 4 nitrogen and oxygen atoms in total. The zero-order valence-electron chi connectivity index (χ0n) is 12.7. The lowest BCUT2D eigenvalue weighted by atomic mass is 10.0. The maximum Gasteiger partial charge on any atom is 0.268 e. The SMILES string of the molecule is Cc1[nH]c(C(=O)NC2CCN(C(C)C)CC2)c(C)c1Br. The minimum Gasteiger partial charge on any atom is -0.353 e. The van der Waals surface area contributed by atoms with Gasteiger partial charge in [-0.2, -0.15) is 0 Å². The number of amides is 1. The highest BCUT2D eigenvalue weighted by Gasteiger charge is 2.24. The zero-order valence-corrected chi connectivity index (χ0v) is 14.3. The molecule has 2 N–H and O–H groups in total. The van der Waals surface area contributed by atoms with E-state index < -0.39 is 0 Å². The van der Waals surface area contributed by atoms with Gasteiger partial charge in [-0.25, -0.2) is 0 Å². The quantitative estimate of drug-likeness (QED) is 0.887. The second-order valence-corrected chi connectivity index (χ2v) is 6.73. The molecule has 0 aromatic carbocycles. The van der Waals surface area contributed by atoms with Crippen LogP contribution in [-0.4, -0.2) is 41.0 Å². The number of hydrogen-bond donors (Lipinski definition) is 2. The molecule has 1 aromatic heterocycles. The third-order valence-corrected chi connectivity index (χ3v) is 5.36. The average Bonchev–Trinajstić information content (AvgIpc) is 2.67. The second-order valence-electron chi connectivity index (χ2n) is 5.94. The van der Waals surface area contributed by atoms with Gasteiger partial charge in [-0.05, 0) is 62.0 Å². The fourth-order valence-corrected chi connectivity index (χ4v) is 3.07. The molecule has 20 heavy (non-hydrogen) atoms. The summed E-state index contributed by atoms with van der Waals surface area (Å²) in [4.78, 5) is 18.0. The second kappa shape index (κ2) is 6.31. The lowest BCUT2D eigenvalue weighted by molar-refractivity contribution is 0.0895. The Morgan fingerprint density at radius 3 is 2.40 bits per heavy atom. The summed E-state index contributed by atoms with van der Waals surface area (Å²) in [5.41, 5.74) is 2.67. The fourth-order valence-electron chi connectivity index (χ4n) is 2.77. The van der Waals surface area contributed by atoms with E-state index in [-0.39, 0.29) is 5.91 Å². The van der Waals surface area contributed by atoms with Gasteiger partial charge in [-0.15, -0.1) is 0 Å². The number of rotatable bonds is 3. The van der Waals surface area contributed by atoms with E-state index in [1.165, 1.54) is 0 Å². The highest BCUT2D eigenvalue weighted by molar-refractivity contribution is 9.10. The number of piperidine rings is 1. The first-order valence-electron chi connectivity index (χ1n) is 7.29. The number of aryl methyl sites for hydroxylation is 1. The van der Waals surface area contributed by atoms with Crippen LogP contribution in [0.5, 0.6) is 0 Å². The van der Waals surface area contributed by atoms with E-state index in [1.807, 2.05) is 13.8 Å². The highest BCUT2D eigenvalue weighted by atomic mass is 79.9. The minimum absolute atomic E-state index is 0.0132. The van der Waals surface area contributed by atoms with Crippen LogP contribution < -0.4 is 5.32 Å². The third-order valence-electron chi connectivity index (χ3n) is 4.17. The van der Waals surface area contributed by atoms with Gasteiger partial charge in [0.2, 0.25) is 0 Å². The van der Waals surface area contributed by atoms with E-state index >= 15 is 0 Å². The molecule has 2 heterocycles. The van der Waals surface area contributed by atoms with Crippen molar-refractivity contribution in [3.8, 4) is 0 Å². The van der Waals surface area contributed by atoms with E-state index in [0.29, 0.717) is 17.8 Å². The van der Waals surface area contributed by atoms with Crippen LogP contribution >= 0.6 is 15.9 Å². The standard InChI is InChI=1S/C15H24BrN3O/c1-9(2)19-7-5-12(6-8-19)18-15(20)14-10(3)13(16)11(4)17-14/h9,12,17H,5-8H2,1-4H3,(H,18,20). The van der Waals surface area contributed by atoms with Gasteiger partial charge in [0.15, 0.2) is 0 Å². The van der Waals surface area contributed by atoms with Crippen molar-refractivity contribution in [2.45, 2.75) is 52.6 Å². The molecule has 0 spiro atoms. The molecule has 0 unspecified atom stereocenters. The summed E-state index contributed by atoms with van der Waals surface area (Å²) in [5, 5.41) is 3.16. The molecule has 1 amide bonds. The molecule has 1 aliphatic rings. The number of aromatic nitrogens is 1. The number of hydrogen-bond acceptors (Lipinski definition) is 2. The Kier molecular flexibility index (Phi) is 4.91. The topological polar surface area (TPSA) is 48.1 Å². The number of carbonyl (C=O) groups excluding carboxylic acids is 1. The molecule has 1 aliphatic heterocycles. The molecule has 2 rings (SSSR count). The van der Waals surface area contributed by atoms with Crippen molar-refractivity contribution in [3.63, 3.8) is 0 Å². The van der Waals surface area contributed by atoms with Crippen molar-refractivity contribution in [1.82, 2.24) is 15.2 Å². The number of likely N-dealkylation sites (tertiary alicyclic amines) is 1. The molecule has 0 bridgehead atoms. The average molecular weight is 342 g/mol. The van der Waals surface area contributed by atoms with Gasteiger partial charge in [0.25, 0.3) is 5.91 Å². The molecule has 0 radical (unpaired) electrons. The summed E-state index contributed by atoms with van der Waals surface area (Å²) in [6, 6.07) is 0.884. The lowest BCUT2D eigenvalue weighted by Crippen LogP contribution is -2.46. The van der Waals surface area contributed by atoms with E-state index in [4.69, 9.17) is 0 Å². The van der Waals surface area contributed by atoms with E-state index in [2.05, 4.69) is 45.0 Å². The highest BCUT2D eigenvalue weighted by Crippen LogP contribution is 2.24. The number of H-pyrrole nitrogens is 1. The summed E-state index contributed by atoms with van der Waals surface area (Å²) < 4.78 is 0.997. The monoisotopic (exact) mass is 341 g/mol.